The lowest BCUT2D eigenvalue weighted by Gasteiger charge is -2.29. The standard InChI is InChI=1S/C18H20N2O4/c1-20(10-12-11-22-15-8-4-5-9-16(15)23-12)18(21)17-13-6-2-3-7-14(13)24-19-17/h4-5,8-9,12H,2-3,6-7,10-11H2,1H3. The minimum Gasteiger partial charge on any atom is -0.486 e. The highest BCUT2D eigenvalue weighted by atomic mass is 16.6. The first-order valence-electron chi connectivity index (χ1n) is 8.34. The predicted molar refractivity (Wildman–Crippen MR) is 86.5 cm³/mol. The molecule has 1 aliphatic carbocycles. The monoisotopic (exact) mass is 328 g/mol. The Morgan fingerprint density at radius 1 is 1.25 bits per heavy atom. The van der Waals surface area contributed by atoms with Crippen molar-refractivity contribution >= 4 is 5.91 Å². The Morgan fingerprint density at radius 3 is 2.92 bits per heavy atom. The summed E-state index contributed by atoms with van der Waals surface area (Å²) in [7, 11) is 1.76. The lowest BCUT2D eigenvalue weighted by atomic mass is 9.96. The third kappa shape index (κ3) is 2.72. The van der Waals surface area contributed by atoms with Crippen LogP contribution in [0.25, 0.3) is 0 Å². The van der Waals surface area contributed by atoms with E-state index in [-0.39, 0.29) is 12.0 Å². The van der Waals surface area contributed by atoms with E-state index in [4.69, 9.17) is 14.0 Å². The zero-order valence-electron chi connectivity index (χ0n) is 13.7. The Morgan fingerprint density at radius 2 is 2.04 bits per heavy atom. The summed E-state index contributed by atoms with van der Waals surface area (Å²) >= 11 is 0. The maximum Gasteiger partial charge on any atom is 0.276 e. The van der Waals surface area contributed by atoms with E-state index in [1.54, 1.807) is 11.9 Å². The maximum atomic E-state index is 12.7. The van der Waals surface area contributed by atoms with Crippen molar-refractivity contribution in [2.75, 3.05) is 20.2 Å². The quantitative estimate of drug-likeness (QED) is 0.866. The van der Waals surface area contributed by atoms with Crippen molar-refractivity contribution in [3.05, 3.63) is 41.3 Å². The molecule has 1 aromatic carbocycles. The molecule has 0 N–H and O–H groups in total. The summed E-state index contributed by atoms with van der Waals surface area (Å²) in [5.74, 6) is 2.20. The topological polar surface area (TPSA) is 64.8 Å². The molecule has 126 valence electrons. The Hall–Kier alpha value is -2.50. The molecule has 1 aliphatic heterocycles. The van der Waals surface area contributed by atoms with Crippen LogP contribution < -0.4 is 9.47 Å². The summed E-state index contributed by atoms with van der Waals surface area (Å²) in [6, 6.07) is 7.56. The Balaban J connectivity index is 1.44. The van der Waals surface area contributed by atoms with E-state index in [1.165, 1.54) is 0 Å². The highest BCUT2D eigenvalue weighted by Crippen LogP contribution is 2.31. The van der Waals surface area contributed by atoms with Gasteiger partial charge < -0.3 is 18.9 Å². The van der Waals surface area contributed by atoms with Gasteiger partial charge in [0.1, 0.15) is 12.4 Å². The number of benzene rings is 1. The van der Waals surface area contributed by atoms with Crippen molar-refractivity contribution in [3.63, 3.8) is 0 Å². The van der Waals surface area contributed by atoms with Crippen LogP contribution in [0.3, 0.4) is 0 Å². The molecular weight excluding hydrogens is 308 g/mol. The molecule has 2 aromatic rings. The maximum absolute atomic E-state index is 12.7. The molecule has 0 saturated carbocycles. The average molecular weight is 328 g/mol. The van der Waals surface area contributed by atoms with Crippen LogP contribution >= 0.6 is 0 Å². The largest absolute Gasteiger partial charge is 0.486 e. The molecule has 0 saturated heterocycles. The van der Waals surface area contributed by atoms with E-state index in [0.29, 0.717) is 24.6 Å². The summed E-state index contributed by atoms with van der Waals surface area (Å²) in [6.07, 6.45) is 3.71. The number of para-hydroxylation sites is 2. The molecule has 6 nitrogen and oxygen atoms in total. The highest BCUT2D eigenvalue weighted by Gasteiger charge is 2.29. The van der Waals surface area contributed by atoms with Crippen LogP contribution in [0.4, 0.5) is 0 Å². The molecule has 0 bridgehead atoms. The van der Waals surface area contributed by atoms with Crippen LogP contribution in [0.5, 0.6) is 11.5 Å². The smallest absolute Gasteiger partial charge is 0.276 e. The average Bonchev–Trinajstić information content (AvgIpc) is 3.05. The first-order chi connectivity index (χ1) is 11.7. The Labute approximate surface area is 140 Å². The Kier molecular flexibility index (Phi) is 3.88. The second-order valence-corrected chi connectivity index (χ2v) is 6.32. The molecule has 0 fully saturated rings. The number of nitrogens with zero attached hydrogens (tertiary/aromatic N) is 2. The van der Waals surface area contributed by atoms with E-state index < -0.39 is 0 Å². The number of aryl methyl sites for hydroxylation is 1. The number of rotatable bonds is 3. The molecule has 2 heterocycles. The van der Waals surface area contributed by atoms with Gasteiger partial charge in [-0.3, -0.25) is 4.79 Å². The van der Waals surface area contributed by atoms with Gasteiger partial charge in [-0.15, -0.1) is 0 Å². The summed E-state index contributed by atoms with van der Waals surface area (Å²) in [5.41, 5.74) is 1.42. The van der Waals surface area contributed by atoms with Crippen LogP contribution in [0.15, 0.2) is 28.8 Å². The number of carbonyl (C=O) groups excluding carboxylic acids is 1. The number of hydrogen-bond acceptors (Lipinski definition) is 5. The molecule has 1 atom stereocenters. The van der Waals surface area contributed by atoms with E-state index in [0.717, 1.165) is 42.8 Å². The number of aromatic nitrogens is 1. The molecule has 4 rings (SSSR count). The molecule has 2 aliphatic rings. The lowest BCUT2D eigenvalue weighted by molar-refractivity contribution is 0.0514. The number of fused-ring (bicyclic) bond motifs is 2. The van der Waals surface area contributed by atoms with Gasteiger partial charge in [-0.2, -0.15) is 0 Å². The van der Waals surface area contributed by atoms with Gasteiger partial charge in [-0.25, -0.2) is 0 Å². The molecule has 0 radical (unpaired) electrons. The van der Waals surface area contributed by atoms with Crippen LogP contribution in [-0.4, -0.2) is 42.3 Å². The van der Waals surface area contributed by atoms with Gasteiger partial charge in [0, 0.05) is 19.0 Å². The third-order valence-electron chi connectivity index (χ3n) is 4.54. The SMILES string of the molecule is CN(CC1COc2ccccc2O1)C(=O)c1noc2c1CCCC2. The fourth-order valence-corrected chi connectivity index (χ4v) is 3.28. The van der Waals surface area contributed by atoms with Gasteiger partial charge >= 0.3 is 0 Å². The molecule has 1 unspecified atom stereocenters. The number of hydrogen-bond donors (Lipinski definition) is 0. The summed E-state index contributed by atoms with van der Waals surface area (Å²) in [5, 5.41) is 4.01. The first-order valence-corrected chi connectivity index (χ1v) is 8.34. The number of amides is 1. The minimum atomic E-state index is -0.198. The molecular formula is C18H20N2O4. The van der Waals surface area contributed by atoms with Gasteiger partial charge in [0.05, 0.1) is 6.54 Å². The number of ether oxygens (including phenoxy) is 2. The zero-order chi connectivity index (χ0) is 16.5. The number of carbonyl (C=O) groups is 1. The van der Waals surface area contributed by atoms with E-state index in [1.807, 2.05) is 24.3 Å². The predicted octanol–water partition coefficient (Wildman–Crippen LogP) is 2.47. The van der Waals surface area contributed by atoms with Crippen molar-refractivity contribution in [1.29, 1.82) is 0 Å². The minimum absolute atomic E-state index is 0.121. The van der Waals surface area contributed by atoms with Gasteiger partial charge in [0.15, 0.2) is 23.3 Å². The summed E-state index contributed by atoms with van der Waals surface area (Å²) < 4.78 is 17.0. The van der Waals surface area contributed by atoms with Crippen LogP contribution in [0.1, 0.15) is 34.7 Å². The van der Waals surface area contributed by atoms with Gasteiger partial charge in [0.2, 0.25) is 0 Å². The fraction of sp³-hybridized carbons (Fsp3) is 0.444. The van der Waals surface area contributed by atoms with Crippen molar-refractivity contribution in [2.24, 2.45) is 0 Å². The van der Waals surface area contributed by atoms with Gasteiger partial charge in [-0.1, -0.05) is 17.3 Å². The van der Waals surface area contributed by atoms with Gasteiger partial charge in [-0.05, 0) is 31.4 Å². The third-order valence-corrected chi connectivity index (χ3v) is 4.54. The number of likely N-dealkylation sites (N-methyl/N-ethyl adjacent to an activating group) is 1. The Bertz CT molecular complexity index is 755. The van der Waals surface area contributed by atoms with Crippen molar-refractivity contribution in [2.45, 2.75) is 31.8 Å². The van der Waals surface area contributed by atoms with E-state index in [9.17, 15) is 4.79 Å². The van der Waals surface area contributed by atoms with Gasteiger partial charge in [0.25, 0.3) is 5.91 Å². The second kappa shape index (κ2) is 6.19. The lowest BCUT2D eigenvalue weighted by Crippen LogP contribution is -2.42. The summed E-state index contributed by atoms with van der Waals surface area (Å²) in [6.45, 7) is 0.861. The zero-order valence-corrected chi connectivity index (χ0v) is 13.7. The molecule has 0 spiro atoms. The normalized spacial score (nSPS) is 18.8. The fourth-order valence-electron chi connectivity index (χ4n) is 3.28. The van der Waals surface area contributed by atoms with E-state index >= 15 is 0 Å². The molecule has 1 aromatic heterocycles. The summed E-state index contributed by atoms with van der Waals surface area (Å²) in [4.78, 5) is 14.3. The van der Waals surface area contributed by atoms with Crippen molar-refractivity contribution < 1.29 is 18.8 Å². The molecule has 1 amide bonds. The van der Waals surface area contributed by atoms with Crippen LogP contribution in [0, 0.1) is 0 Å². The van der Waals surface area contributed by atoms with Crippen LogP contribution in [0.2, 0.25) is 0 Å². The second-order valence-electron chi connectivity index (χ2n) is 6.32. The van der Waals surface area contributed by atoms with Crippen molar-refractivity contribution in [3.8, 4) is 11.5 Å². The highest BCUT2D eigenvalue weighted by molar-refractivity contribution is 5.93. The van der Waals surface area contributed by atoms with Crippen LogP contribution in [-0.2, 0) is 12.8 Å². The first kappa shape index (κ1) is 15.1. The molecule has 6 heteroatoms. The van der Waals surface area contributed by atoms with E-state index in [2.05, 4.69) is 5.16 Å². The van der Waals surface area contributed by atoms with Crippen molar-refractivity contribution in [1.82, 2.24) is 10.1 Å². The molecule has 24 heavy (non-hydrogen) atoms.